The molecule has 1 heterocycles. The van der Waals surface area contributed by atoms with Gasteiger partial charge in [-0.2, -0.15) is 0 Å². The lowest BCUT2D eigenvalue weighted by Crippen LogP contribution is -2.09. The van der Waals surface area contributed by atoms with Gasteiger partial charge >= 0.3 is 0 Å². The van der Waals surface area contributed by atoms with Gasteiger partial charge in [-0.1, -0.05) is 0 Å². The van der Waals surface area contributed by atoms with E-state index in [2.05, 4.69) is 26.2 Å². The molecule has 1 aromatic heterocycles. The minimum Gasteiger partial charge on any atom is -0.394 e. The minimum absolute atomic E-state index is 0.0841. The third-order valence-electron chi connectivity index (χ3n) is 2.04. The Morgan fingerprint density at radius 3 is 3.00 bits per heavy atom. The van der Waals surface area contributed by atoms with E-state index in [1.165, 1.54) is 0 Å². The first kappa shape index (κ1) is 13.4. The highest BCUT2D eigenvalue weighted by Crippen LogP contribution is 2.16. The lowest BCUT2D eigenvalue weighted by atomic mass is 10.3. The van der Waals surface area contributed by atoms with E-state index in [-0.39, 0.29) is 6.61 Å². The van der Waals surface area contributed by atoms with Gasteiger partial charge in [-0.15, -0.1) is 0 Å². The number of rotatable bonds is 7. The summed E-state index contributed by atoms with van der Waals surface area (Å²) in [5.74, 6) is 0.908. The van der Waals surface area contributed by atoms with Gasteiger partial charge in [-0.25, -0.2) is 4.98 Å². The van der Waals surface area contributed by atoms with Gasteiger partial charge in [0, 0.05) is 23.8 Å². The summed E-state index contributed by atoms with van der Waals surface area (Å²) < 4.78 is 6.14. The molecule has 0 saturated carbocycles. The maximum Gasteiger partial charge on any atom is 0.128 e. The zero-order valence-electron chi connectivity index (χ0n) is 9.37. The maximum atomic E-state index is 8.51. The van der Waals surface area contributed by atoms with Crippen molar-refractivity contribution in [3.63, 3.8) is 0 Å². The van der Waals surface area contributed by atoms with Crippen LogP contribution in [0.3, 0.4) is 0 Å². The summed E-state index contributed by atoms with van der Waals surface area (Å²) in [6.45, 7) is 3.99. The summed E-state index contributed by atoms with van der Waals surface area (Å²) in [6.07, 6.45) is 2.68. The molecule has 16 heavy (non-hydrogen) atoms. The molecule has 90 valence electrons. The van der Waals surface area contributed by atoms with Gasteiger partial charge in [-0.05, 0) is 40.9 Å². The molecule has 0 radical (unpaired) electrons. The van der Waals surface area contributed by atoms with Crippen LogP contribution in [0.2, 0.25) is 0 Å². The van der Waals surface area contributed by atoms with Crippen LogP contribution in [0.4, 0.5) is 5.82 Å². The third-order valence-corrected chi connectivity index (χ3v) is 2.47. The fraction of sp³-hybridized carbons (Fsp3) is 0.545. The monoisotopic (exact) mass is 288 g/mol. The largest absolute Gasteiger partial charge is 0.394 e. The van der Waals surface area contributed by atoms with Crippen LogP contribution in [-0.4, -0.2) is 36.5 Å². The molecule has 2 N–H and O–H groups in total. The van der Waals surface area contributed by atoms with Gasteiger partial charge in [0.15, 0.2) is 0 Å². The SMILES string of the molecule is Cc1cc(Br)cnc1NCCCOCCO. The van der Waals surface area contributed by atoms with Crippen molar-refractivity contribution < 1.29 is 9.84 Å². The van der Waals surface area contributed by atoms with Gasteiger partial charge in [-0.3, -0.25) is 0 Å². The molecule has 0 unspecified atom stereocenters. The summed E-state index contributed by atoms with van der Waals surface area (Å²) in [6, 6.07) is 2.03. The normalized spacial score (nSPS) is 10.4. The van der Waals surface area contributed by atoms with Gasteiger partial charge in [0.2, 0.25) is 0 Å². The average Bonchev–Trinajstić information content (AvgIpc) is 2.26. The molecule has 1 rings (SSSR count). The van der Waals surface area contributed by atoms with Crippen LogP contribution in [0.25, 0.3) is 0 Å². The second-order valence-electron chi connectivity index (χ2n) is 3.44. The molecular formula is C11H17BrN2O2. The predicted octanol–water partition coefficient (Wildman–Crippen LogP) is 1.96. The van der Waals surface area contributed by atoms with E-state index >= 15 is 0 Å². The number of ether oxygens (including phenoxy) is 1. The summed E-state index contributed by atoms with van der Waals surface area (Å²) in [5, 5.41) is 11.8. The highest BCUT2D eigenvalue weighted by atomic mass is 79.9. The number of anilines is 1. The summed E-state index contributed by atoms with van der Waals surface area (Å²) in [5.41, 5.74) is 1.12. The first-order chi connectivity index (χ1) is 7.74. The highest BCUT2D eigenvalue weighted by Gasteiger charge is 1.99. The molecule has 1 aromatic rings. The standard InChI is InChI=1S/C11H17BrN2O2/c1-9-7-10(12)8-14-11(9)13-3-2-5-16-6-4-15/h7-8,15H,2-6H2,1H3,(H,13,14). The Bertz CT molecular complexity index is 321. The number of aryl methyl sites for hydroxylation is 1. The van der Waals surface area contributed by atoms with Crippen LogP contribution in [0.5, 0.6) is 0 Å². The number of aliphatic hydroxyl groups excluding tert-OH is 1. The number of pyridine rings is 1. The van der Waals surface area contributed by atoms with Crippen molar-refractivity contribution in [1.82, 2.24) is 4.98 Å². The van der Waals surface area contributed by atoms with Crippen molar-refractivity contribution >= 4 is 21.7 Å². The fourth-order valence-electron chi connectivity index (χ4n) is 1.27. The van der Waals surface area contributed by atoms with Crippen LogP contribution >= 0.6 is 15.9 Å². The number of aliphatic hydroxyl groups is 1. The zero-order valence-corrected chi connectivity index (χ0v) is 11.0. The third kappa shape index (κ3) is 4.92. The van der Waals surface area contributed by atoms with Gasteiger partial charge in [0.1, 0.15) is 5.82 Å². The van der Waals surface area contributed by atoms with Crippen molar-refractivity contribution in [1.29, 1.82) is 0 Å². The quantitative estimate of drug-likeness (QED) is 0.753. The molecule has 0 aliphatic heterocycles. The van der Waals surface area contributed by atoms with Gasteiger partial charge in [0.25, 0.3) is 0 Å². The Hall–Kier alpha value is -0.650. The lowest BCUT2D eigenvalue weighted by Gasteiger charge is -2.08. The molecule has 0 aromatic carbocycles. The van der Waals surface area contributed by atoms with Crippen molar-refractivity contribution in [3.8, 4) is 0 Å². The fourth-order valence-corrected chi connectivity index (χ4v) is 1.72. The number of nitrogens with zero attached hydrogens (tertiary/aromatic N) is 1. The van der Waals surface area contributed by atoms with Crippen LogP contribution in [0.15, 0.2) is 16.7 Å². The molecule has 0 fully saturated rings. The van der Waals surface area contributed by atoms with Gasteiger partial charge < -0.3 is 15.2 Å². The molecule has 0 aliphatic rings. The Labute approximate surface area is 104 Å². The Kier molecular flexibility index (Phi) is 6.37. The molecule has 0 amide bonds. The molecule has 0 saturated heterocycles. The molecule has 0 bridgehead atoms. The Balaban J connectivity index is 2.21. The van der Waals surface area contributed by atoms with Crippen LogP contribution in [0.1, 0.15) is 12.0 Å². The molecule has 0 atom stereocenters. The van der Waals surface area contributed by atoms with E-state index in [1.807, 2.05) is 13.0 Å². The van der Waals surface area contributed by atoms with Crippen molar-refractivity contribution in [2.75, 3.05) is 31.7 Å². The van der Waals surface area contributed by atoms with Gasteiger partial charge in [0.05, 0.1) is 13.2 Å². The van der Waals surface area contributed by atoms with Crippen molar-refractivity contribution in [3.05, 3.63) is 22.3 Å². The number of aromatic nitrogens is 1. The topological polar surface area (TPSA) is 54.4 Å². The molecule has 0 spiro atoms. The Morgan fingerprint density at radius 1 is 1.50 bits per heavy atom. The maximum absolute atomic E-state index is 8.51. The first-order valence-corrected chi connectivity index (χ1v) is 6.08. The second kappa shape index (κ2) is 7.60. The van der Waals surface area contributed by atoms with E-state index in [4.69, 9.17) is 9.84 Å². The molecule has 5 heteroatoms. The number of halogens is 1. The predicted molar refractivity (Wildman–Crippen MR) is 67.7 cm³/mol. The summed E-state index contributed by atoms with van der Waals surface area (Å²) in [4.78, 5) is 4.27. The molecular weight excluding hydrogens is 272 g/mol. The highest BCUT2D eigenvalue weighted by molar-refractivity contribution is 9.10. The van der Waals surface area contributed by atoms with Crippen molar-refractivity contribution in [2.24, 2.45) is 0 Å². The van der Waals surface area contributed by atoms with Crippen LogP contribution in [-0.2, 0) is 4.74 Å². The van der Waals surface area contributed by atoms with E-state index in [9.17, 15) is 0 Å². The van der Waals surface area contributed by atoms with E-state index in [0.29, 0.717) is 13.2 Å². The zero-order chi connectivity index (χ0) is 11.8. The van der Waals surface area contributed by atoms with E-state index in [1.54, 1.807) is 6.20 Å². The van der Waals surface area contributed by atoms with Crippen LogP contribution < -0.4 is 5.32 Å². The summed E-state index contributed by atoms with van der Waals surface area (Å²) in [7, 11) is 0. The second-order valence-corrected chi connectivity index (χ2v) is 4.35. The Morgan fingerprint density at radius 2 is 2.31 bits per heavy atom. The first-order valence-electron chi connectivity index (χ1n) is 5.28. The smallest absolute Gasteiger partial charge is 0.128 e. The minimum atomic E-state index is 0.0841. The van der Waals surface area contributed by atoms with E-state index < -0.39 is 0 Å². The lowest BCUT2D eigenvalue weighted by molar-refractivity contribution is 0.0922. The van der Waals surface area contributed by atoms with Crippen LogP contribution in [0, 0.1) is 6.92 Å². The van der Waals surface area contributed by atoms with Crippen molar-refractivity contribution in [2.45, 2.75) is 13.3 Å². The number of hydrogen-bond acceptors (Lipinski definition) is 4. The molecule has 4 nitrogen and oxygen atoms in total. The number of nitrogens with one attached hydrogen (secondary N) is 1. The summed E-state index contributed by atoms with van der Waals surface area (Å²) >= 11 is 3.37. The molecule has 0 aliphatic carbocycles. The number of hydrogen-bond donors (Lipinski definition) is 2. The van der Waals surface area contributed by atoms with E-state index in [0.717, 1.165) is 28.8 Å². The average molecular weight is 289 g/mol.